The summed E-state index contributed by atoms with van der Waals surface area (Å²) in [6.07, 6.45) is 0.409. The lowest BCUT2D eigenvalue weighted by Gasteiger charge is -2.16. The highest BCUT2D eigenvalue weighted by Gasteiger charge is 2.14. The highest BCUT2D eigenvalue weighted by molar-refractivity contribution is 5.90. The summed E-state index contributed by atoms with van der Waals surface area (Å²) in [5.41, 5.74) is 0.494. The summed E-state index contributed by atoms with van der Waals surface area (Å²) < 4.78 is 10.2. The lowest BCUT2D eigenvalue weighted by molar-refractivity contribution is -0.137. The maximum absolute atomic E-state index is 11.9. The number of ether oxygens (including phenoxy) is 2. The predicted octanol–water partition coefficient (Wildman–Crippen LogP) is 2.08. The Morgan fingerprint density at radius 3 is 2.19 bits per heavy atom. The molecular formula is C14H20N2O5. The van der Waals surface area contributed by atoms with E-state index in [9.17, 15) is 9.59 Å². The summed E-state index contributed by atoms with van der Waals surface area (Å²) in [6.45, 7) is 1.81. The molecule has 7 heteroatoms. The van der Waals surface area contributed by atoms with Gasteiger partial charge in [-0.3, -0.25) is 4.79 Å². The number of benzene rings is 1. The molecule has 0 radical (unpaired) electrons. The number of carbonyl (C=O) groups is 2. The fourth-order valence-corrected chi connectivity index (χ4v) is 1.74. The molecule has 1 aromatic carbocycles. The number of carboxylic acid groups (broad SMARTS) is 1. The van der Waals surface area contributed by atoms with E-state index >= 15 is 0 Å². The Kier molecular flexibility index (Phi) is 6.32. The van der Waals surface area contributed by atoms with Crippen molar-refractivity contribution in [2.45, 2.75) is 25.8 Å². The van der Waals surface area contributed by atoms with Crippen molar-refractivity contribution in [3.63, 3.8) is 0 Å². The molecule has 3 N–H and O–H groups in total. The zero-order valence-electron chi connectivity index (χ0n) is 12.3. The highest BCUT2D eigenvalue weighted by Crippen LogP contribution is 2.25. The Hall–Kier alpha value is -2.44. The van der Waals surface area contributed by atoms with Gasteiger partial charge in [0.15, 0.2) is 0 Å². The summed E-state index contributed by atoms with van der Waals surface area (Å²) in [5.74, 6) is 0.134. The largest absolute Gasteiger partial charge is 0.497 e. The molecule has 0 aromatic heterocycles. The molecule has 0 saturated carbocycles. The van der Waals surface area contributed by atoms with Crippen LogP contribution < -0.4 is 20.1 Å². The van der Waals surface area contributed by atoms with Gasteiger partial charge in [0, 0.05) is 29.9 Å². The van der Waals surface area contributed by atoms with Gasteiger partial charge in [-0.05, 0) is 6.42 Å². The van der Waals surface area contributed by atoms with Crippen LogP contribution in [0.15, 0.2) is 18.2 Å². The van der Waals surface area contributed by atoms with Crippen LogP contribution >= 0.6 is 0 Å². The molecular weight excluding hydrogens is 276 g/mol. The molecule has 1 aromatic rings. The van der Waals surface area contributed by atoms with Gasteiger partial charge in [0.2, 0.25) is 0 Å². The van der Waals surface area contributed by atoms with Crippen LogP contribution in [0.2, 0.25) is 0 Å². The second-order valence-electron chi connectivity index (χ2n) is 4.40. The molecule has 0 saturated heterocycles. The van der Waals surface area contributed by atoms with Gasteiger partial charge < -0.3 is 25.2 Å². The number of anilines is 1. The number of rotatable bonds is 7. The zero-order valence-corrected chi connectivity index (χ0v) is 12.3. The van der Waals surface area contributed by atoms with Crippen LogP contribution in [0.25, 0.3) is 0 Å². The number of aliphatic carboxylic acids is 1. The lowest BCUT2D eigenvalue weighted by atomic mass is 10.1. The third-order valence-electron chi connectivity index (χ3n) is 2.86. The van der Waals surface area contributed by atoms with E-state index in [0.717, 1.165) is 0 Å². The number of urea groups is 1. The summed E-state index contributed by atoms with van der Waals surface area (Å²) in [5, 5.41) is 14.0. The van der Waals surface area contributed by atoms with E-state index in [2.05, 4.69) is 10.6 Å². The standard InChI is InChI=1S/C14H20N2O5/c1-4-9(7-13(17)18)15-14(19)16-10-5-11(20-2)8-12(6-10)21-3/h5-6,8-9H,4,7H2,1-3H3,(H,17,18)(H2,15,16,19). The number of nitrogens with one attached hydrogen (secondary N) is 2. The number of amides is 2. The first-order chi connectivity index (χ1) is 9.98. The van der Waals surface area contributed by atoms with Crippen LogP contribution in [0.4, 0.5) is 10.5 Å². The Balaban J connectivity index is 2.71. The summed E-state index contributed by atoms with van der Waals surface area (Å²) in [7, 11) is 3.02. The van der Waals surface area contributed by atoms with Crippen LogP contribution in [-0.2, 0) is 4.79 Å². The van der Waals surface area contributed by atoms with Crippen LogP contribution in [0.3, 0.4) is 0 Å². The average Bonchev–Trinajstić information content (AvgIpc) is 2.45. The molecule has 0 spiro atoms. The minimum atomic E-state index is -0.954. The number of carboxylic acids is 1. The van der Waals surface area contributed by atoms with Crippen LogP contribution in [0.5, 0.6) is 11.5 Å². The molecule has 0 fully saturated rings. The quantitative estimate of drug-likeness (QED) is 0.715. The number of carbonyl (C=O) groups excluding carboxylic acids is 1. The van der Waals surface area contributed by atoms with Gasteiger partial charge in [-0.15, -0.1) is 0 Å². The van der Waals surface area contributed by atoms with Gasteiger partial charge in [-0.1, -0.05) is 6.92 Å². The van der Waals surface area contributed by atoms with Crippen LogP contribution in [-0.4, -0.2) is 37.4 Å². The SMILES string of the molecule is CCC(CC(=O)O)NC(=O)Nc1cc(OC)cc(OC)c1. The van der Waals surface area contributed by atoms with Crippen molar-refractivity contribution in [1.29, 1.82) is 0 Å². The van der Waals surface area contributed by atoms with E-state index in [1.807, 2.05) is 6.92 Å². The van der Waals surface area contributed by atoms with Crippen molar-refractivity contribution < 1.29 is 24.2 Å². The first kappa shape index (κ1) is 16.6. The first-order valence-corrected chi connectivity index (χ1v) is 6.50. The first-order valence-electron chi connectivity index (χ1n) is 6.50. The van der Waals surface area contributed by atoms with Gasteiger partial charge >= 0.3 is 12.0 Å². The van der Waals surface area contributed by atoms with E-state index in [-0.39, 0.29) is 6.42 Å². The molecule has 116 valence electrons. The minimum Gasteiger partial charge on any atom is -0.497 e. The molecule has 0 heterocycles. The van der Waals surface area contributed by atoms with Gasteiger partial charge in [0.25, 0.3) is 0 Å². The van der Waals surface area contributed by atoms with Crippen LogP contribution in [0, 0.1) is 0 Å². The number of methoxy groups -OCH3 is 2. The van der Waals surface area contributed by atoms with Crippen molar-refractivity contribution >= 4 is 17.7 Å². The van der Waals surface area contributed by atoms with Gasteiger partial charge in [-0.25, -0.2) is 4.79 Å². The molecule has 1 rings (SSSR count). The molecule has 0 aliphatic rings. The number of hydrogen-bond acceptors (Lipinski definition) is 4. The van der Waals surface area contributed by atoms with Crippen LogP contribution in [0.1, 0.15) is 19.8 Å². The minimum absolute atomic E-state index is 0.120. The molecule has 21 heavy (non-hydrogen) atoms. The van der Waals surface area contributed by atoms with Gasteiger partial charge in [0.1, 0.15) is 11.5 Å². The van der Waals surface area contributed by atoms with Gasteiger partial charge in [-0.2, -0.15) is 0 Å². The topological polar surface area (TPSA) is 96.9 Å². The second-order valence-corrected chi connectivity index (χ2v) is 4.40. The van der Waals surface area contributed by atoms with Crippen molar-refractivity contribution in [2.24, 2.45) is 0 Å². The molecule has 0 aliphatic carbocycles. The van der Waals surface area contributed by atoms with E-state index < -0.39 is 18.0 Å². The molecule has 7 nitrogen and oxygen atoms in total. The third kappa shape index (κ3) is 5.60. The maximum atomic E-state index is 11.9. The lowest BCUT2D eigenvalue weighted by Crippen LogP contribution is -2.38. The monoisotopic (exact) mass is 296 g/mol. The molecule has 1 unspecified atom stereocenters. The fourth-order valence-electron chi connectivity index (χ4n) is 1.74. The van der Waals surface area contributed by atoms with E-state index in [1.165, 1.54) is 14.2 Å². The molecule has 2 amide bonds. The smallest absolute Gasteiger partial charge is 0.319 e. The van der Waals surface area contributed by atoms with Crippen molar-refractivity contribution in [2.75, 3.05) is 19.5 Å². The predicted molar refractivity (Wildman–Crippen MR) is 78.0 cm³/mol. The summed E-state index contributed by atoms with van der Waals surface area (Å²) >= 11 is 0. The molecule has 0 aliphatic heterocycles. The Morgan fingerprint density at radius 2 is 1.76 bits per heavy atom. The van der Waals surface area contributed by atoms with Gasteiger partial charge in [0.05, 0.1) is 20.6 Å². The average molecular weight is 296 g/mol. The van der Waals surface area contributed by atoms with Crippen molar-refractivity contribution in [1.82, 2.24) is 5.32 Å². The fraction of sp³-hybridized carbons (Fsp3) is 0.429. The molecule has 1 atom stereocenters. The third-order valence-corrected chi connectivity index (χ3v) is 2.86. The molecule has 0 bridgehead atoms. The highest BCUT2D eigenvalue weighted by atomic mass is 16.5. The van der Waals surface area contributed by atoms with E-state index in [0.29, 0.717) is 23.6 Å². The van der Waals surface area contributed by atoms with E-state index in [4.69, 9.17) is 14.6 Å². The van der Waals surface area contributed by atoms with Crippen molar-refractivity contribution in [3.05, 3.63) is 18.2 Å². The zero-order chi connectivity index (χ0) is 15.8. The maximum Gasteiger partial charge on any atom is 0.319 e. The Labute approximate surface area is 123 Å². The Morgan fingerprint density at radius 1 is 1.19 bits per heavy atom. The van der Waals surface area contributed by atoms with E-state index in [1.54, 1.807) is 18.2 Å². The summed E-state index contributed by atoms with van der Waals surface area (Å²) in [4.78, 5) is 22.5. The number of hydrogen-bond donors (Lipinski definition) is 3. The Bertz CT molecular complexity index is 482. The van der Waals surface area contributed by atoms with Crippen molar-refractivity contribution in [3.8, 4) is 11.5 Å². The summed E-state index contributed by atoms with van der Waals surface area (Å²) in [6, 6.07) is 4.07. The normalized spacial score (nSPS) is 11.4. The second kappa shape index (κ2) is 7.98.